The van der Waals surface area contributed by atoms with Gasteiger partial charge in [-0.25, -0.2) is 15.0 Å². The highest BCUT2D eigenvalue weighted by Crippen LogP contribution is 2.51. The molecule has 0 saturated carbocycles. The minimum Gasteiger partial charge on any atom is -0.485 e. The molecule has 0 amide bonds. The fraction of sp³-hybridized carbons (Fsp3) is 0.0816. The van der Waals surface area contributed by atoms with Crippen LogP contribution in [-0.2, 0) is 6.42 Å². The second-order valence-electron chi connectivity index (χ2n) is 14.5. The predicted octanol–water partition coefficient (Wildman–Crippen LogP) is 12.2. The van der Waals surface area contributed by atoms with E-state index in [1.165, 1.54) is 25.9 Å². The van der Waals surface area contributed by atoms with Crippen molar-refractivity contribution in [3.8, 4) is 17.1 Å². The molecule has 9 aromatic rings. The van der Waals surface area contributed by atoms with Crippen LogP contribution in [0.2, 0.25) is 0 Å². The molecule has 0 fully saturated rings. The Balaban J connectivity index is 1.10. The van der Waals surface area contributed by atoms with Gasteiger partial charge in [-0.1, -0.05) is 109 Å². The van der Waals surface area contributed by atoms with Crippen LogP contribution in [0.3, 0.4) is 0 Å². The molecule has 1 aliphatic heterocycles. The van der Waals surface area contributed by atoms with Gasteiger partial charge in [-0.05, 0) is 88.2 Å². The third kappa shape index (κ3) is 4.81. The summed E-state index contributed by atoms with van der Waals surface area (Å²) in [6.07, 6.45) is 8.57. The largest absolute Gasteiger partial charge is 0.485 e. The fourth-order valence-electron chi connectivity index (χ4n) is 8.87. The molecular formula is C49H31N3O2S. The molecule has 0 radical (unpaired) electrons. The molecule has 2 aliphatic carbocycles. The van der Waals surface area contributed by atoms with E-state index in [1.54, 1.807) is 0 Å². The Morgan fingerprint density at radius 2 is 1.44 bits per heavy atom. The lowest BCUT2D eigenvalue weighted by molar-refractivity contribution is 0.272. The summed E-state index contributed by atoms with van der Waals surface area (Å²) in [5.41, 5.74) is 9.44. The SMILES string of the molecule is C1=C(c2nc(C3=CC(c4cccc5oc6ccccc6c45)=CC4Oc5ccccc5C34)nc(-c3ccc4ccccc4c3)n2)c2sc3ccccc3c2CC1. The molecule has 12 rings (SSSR count). The third-order valence-corrected chi connectivity index (χ3v) is 12.6. The van der Waals surface area contributed by atoms with Gasteiger partial charge < -0.3 is 9.15 Å². The first-order chi connectivity index (χ1) is 27.2. The maximum atomic E-state index is 6.76. The third-order valence-electron chi connectivity index (χ3n) is 11.4. The van der Waals surface area contributed by atoms with Crippen LogP contribution in [0.5, 0.6) is 5.75 Å². The van der Waals surface area contributed by atoms with Crippen molar-refractivity contribution in [2.24, 2.45) is 0 Å². The van der Waals surface area contributed by atoms with Gasteiger partial charge in [0.1, 0.15) is 23.0 Å². The first kappa shape index (κ1) is 30.8. The zero-order valence-corrected chi connectivity index (χ0v) is 30.4. The van der Waals surface area contributed by atoms with Gasteiger partial charge in [0, 0.05) is 42.6 Å². The van der Waals surface area contributed by atoms with E-state index in [0.29, 0.717) is 17.5 Å². The summed E-state index contributed by atoms with van der Waals surface area (Å²) < 4.78 is 14.4. The summed E-state index contributed by atoms with van der Waals surface area (Å²) in [5, 5.41) is 5.83. The van der Waals surface area contributed by atoms with E-state index in [1.807, 2.05) is 35.6 Å². The molecule has 6 aromatic carbocycles. The number of nitrogens with zero attached hydrogens (tertiary/aromatic N) is 3. The number of para-hydroxylation sites is 2. The zero-order valence-electron chi connectivity index (χ0n) is 29.6. The van der Waals surface area contributed by atoms with Crippen LogP contribution in [0.25, 0.3) is 70.9 Å². The van der Waals surface area contributed by atoms with Crippen molar-refractivity contribution in [3.63, 3.8) is 0 Å². The van der Waals surface area contributed by atoms with Crippen molar-refractivity contribution < 1.29 is 9.15 Å². The van der Waals surface area contributed by atoms with Crippen molar-refractivity contribution >= 4 is 70.9 Å². The Kier molecular flexibility index (Phi) is 6.68. The Morgan fingerprint density at radius 3 is 2.40 bits per heavy atom. The smallest absolute Gasteiger partial charge is 0.165 e. The molecule has 3 aliphatic rings. The number of thiophene rings is 1. The lowest BCUT2D eigenvalue weighted by Crippen LogP contribution is -2.22. The van der Waals surface area contributed by atoms with Crippen molar-refractivity contribution in [3.05, 3.63) is 185 Å². The van der Waals surface area contributed by atoms with Gasteiger partial charge >= 0.3 is 0 Å². The number of aromatic nitrogens is 3. The van der Waals surface area contributed by atoms with Crippen LogP contribution in [-0.4, -0.2) is 21.1 Å². The van der Waals surface area contributed by atoms with E-state index >= 15 is 0 Å². The van der Waals surface area contributed by atoms with Gasteiger partial charge in [-0.3, -0.25) is 0 Å². The first-order valence-corrected chi connectivity index (χ1v) is 19.6. The summed E-state index contributed by atoms with van der Waals surface area (Å²) in [5.74, 6) is 2.81. The summed E-state index contributed by atoms with van der Waals surface area (Å²) in [7, 11) is 0. The number of allylic oxidation sites excluding steroid dienone is 3. The van der Waals surface area contributed by atoms with Crippen molar-refractivity contribution in [2.75, 3.05) is 0 Å². The molecule has 6 heteroatoms. The minimum atomic E-state index is -0.242. The average molecular weight is 726 g/mol. The topological polar surface area (TPSA) is 61.0 Å². The quantitative estimate of drug-likeness (QED) is 0.181. The predicted molar refractivity (Wildman–Crippen MR) is 223 cm³/mol. The first-order valence-electron chi connectivity index (χ1n) is 18.8. The van der Waals surface area contributed by atoms with Gasteiger partial charge in [-0.2, -0.15) is 0 Å². The zero-order chi connectivity index (χ0) is 36.0. The molecule has 0 N–H and O–H groups in total. The standard InChI is InChI=1S/C49H31N3O2S/c1-2-12-29-25-30(24-23-28(29)11-1)47-50-48(37-18-9-17-34-33-13-5-8-22-43(33)55-46(34)37)52-49(51-47)38-26-31(27-42-45(38)36-15-4-7-20-40(36)54-42)32-16-10-21-41-44(32)35-14-3-6-19-39(35)53-41/h1-8,10-16,18-27,42,45H,9,17H2. The van der Waals surface area contributed by atoms with Crippen LogP contribution >= 0.6 is 11.3 Å². The number of benzene rings is 6. The van der Waals surface area contributed by atoms with E-state index in [-0.39, 0.29) is 12.0 Å². The molecule has 0 bridgehead atoms. The number of rotatable bonds is 4. The highest BCUT2D eigenvalue weighted by molar-refractivity contribution is 7.20. The van der Waals surface area contributed by atoms with Crippen LogP contribution in [0.1, 0.15) is 45.6 Å². The van der Waals surface area contributed by atoms with E-state index in [2.05, 4.69) is 127 Å². The van der Waals surface area contributed by atoms with Gasteiger partial charge in [0.05, 0.1) is 5.92 Å². The molecule has 0 spiro atoms. The maximum Gasteiger partial charge on any atom is 0.165 e. The molecule has 2 atom stereocenters. The van der Waals surface area contributed by atoms with Crippen LogP contribution in [0, 0.1) is 0 Å². The van der Waals surface area contributed by atoms with Gasteiger partial charge in [0.25, 0.3) is 0 Å². The number of furan rings is 1. The Labute approximate surface area is 320 Å². The highest BCUT2D eigenvalue weighted by atomic mass is 32.1. The number of hydrogen-bond donors (Lipinski definition) is 0. The monoisotopic (exact) mass is 725 g/mol. The molecule has 4 heterocycles. The van der Waals surface area contributed by atoms with E-state index in [9.17, 15) is 0 Å². The van der Waals surface area contributed by atoms with Crippen molar-refractivity contribution in [1.29, 1.82) is 0 Å². The van der Waals surface area contributed by atoms with E-state index < -0.39 is 0 Å². The Morgan fingerprint density at radius 1 is 0.655 bits per heavy atom. The van der Waals surface area contributed by atoms with Gasteiger partial charge in [-0.15, -0.1) is 11.3 Å². The molecule has 260 valence electrons. The van der Waals surface area contributed by atoms with Crippen LogP contribution in [0.4, 0.5) is 0 Å². The molecule has 55 heavy (non-hydrogen) atoms. The molecule has 3 aromatic heterocycles. The van der Waals surface area contributed by atoms with Gasteiger partial charge in [0.2, 0.25) is 0 Å². The lowest BCUT2D eigenvalue weighted by atomic mass is 9.80. The molecule has 2 unspecified atom stereocenters. The summed E-state index contributed by atoms with van der Waals surface area (Å²) in [4.78, 5) is 17.4. The fourth-order valence-corrected chi connectivity index (χ4v) is 10.2. The number of ether oxygens (including phenoxy) is 1. The van der Waals surface area contributed by atoms with E-state index in [4.69, 9.17) is 24.1 Å². The molecule has 5 nitrogen and oxygen atoms in total. The number of fused-ring (bicyclic) bond motifs is 10. The van der Waals surface area contributed by atoms with E-state index in [0.717, 1.165) is 79.3 Å². The summed E-state index contributed by atoms with van der Waals surface area (Å²) >= 11 is 1.83. The normalized spacial score (nSPS) is 17.4. The minimum absolute atomic E-state index is 0.0971. The second-order valence-corrected chi connectivity index (χ2v) is 15.6. The highest BCUT2D eigenvalue weighted by Gasteiger charge is 2.40. The Hall–Kier alpha value is -6.63. The second kappa shape index (κ2) is 11.9. The van der Waals surface area contributed by atoms with Gasteiger partial charge in [0.15, 0.2) is 17.5 Å². The summed E-state index contributed by atoms with van der Waals surface area (Å²) in [6, 6.07) is 46.6. The van der Waals surface area contributed by atoms with Crippen molar-refractivity contribution in [1.82, 2.24) is 15.0 Å². The van der Waals surface area contributed by atoms with Crippen molar-refractivity contribution in [2.45, 2.75) is 24.9 Å². The number of aryl methyl sites for hydroxylation is 1. The lowest BCUT2D eigenvalue weighted by Gasteiger charge is -2.25. The average Bonchev–Trinajstić information content (AvgIpc) is 3.94. The maximum absolute atomic E-state index is 6.76. The summed E-state index contributed by atoms with van der Waals surface area (Å²) in [6.45, 7) is 0. The molecule has 0 saturated heterocycles. The molecular weight excluding hydrogens is 695 g/mol. The van der Waals surface area contributed by atoms with Crippen LogP contribution < -0.4 is 4.74 Å². The van der Waals surface area contributed by atoms with Crippen LogP contribution in [0.15, 0.2) is 156 Å². The Bertz CT molecular complexity index is 3160. The number of hydrogen-bond acceptors (Lipinski definition) is 6.